The summed E-state index contributed by atoms with van der Waals surface area (Å²) in [6, 6.07) is 11.9. The molecule has 1 aliphatic rings. The van der Waals surface area contributed by atoms with E-state index in [0.717, 1.165) is 17.5 Å². The van der Waals surface area contributed by atoms with Crippen molar-refractivity contribution in [3.8, 4) is 5.75 Å². The molecule has 1 N–H and O–H groups in total. The van der Waals surface area contributed by atoms with Gasteiger partial charge in [0.2, 0.25) is 5.91 Å². The van der Waals surface area contributed by atoms with Gasteiger partial charge in [-0.1, -0.05) is 29.3 Å². The number of likely N-dealkylation sites (tertiary alicyclic amines) is 1. The molecule has 0 saturated carbocycles. The van der Waals surface area contributed by atoms with Gasteiger partial charge in [0.25, 0.3) is 5.91 Å². The number of hydrogen-bond acceptors (Lipinski definition) is 3. The molecule has 1 fully saturated rings. The summed E-state index contributed by atoms with van der Waals surface area (Å²) in [7, 11) is 0. The highest BCUT2D eigenvalue weighted by molar-refractivity contribution is 5.95. The maximum absolute atomic E-state index is 12.9. The highest BCUT2D eigenvalue weighted by Gasteiger charge is 2.29. The van der Waals surface area contributed by atoms with Gasteiger partial charge < -0.3 is 15.0 Å². The minimum absolute atomic E-state index is 0.0798. The van der Waals surface area contributed by atoms with E-state index in [1.54, 1.807) is 17.0 Å². The number of rotatable bonds is 6. The van der Waals surface area contributed by atoms with Crippen LogP contribution in [-0.2, 0) is 11.3 Å². The van der Waals surface area contributed by atoms with Crippen LogP contribution in [0.3, 0.4) is 0 Å². The molecule has 5 nitrogen and oxygen atoms in total. The molecule has 0 spiro atoms. The Kier molecular flexibility index (Phi) is 7.43. The third-order valence-electron chi connectivity index (χ3n) is 5.32. The average molecular weight is 448 g/mol. The van der Waals surface area contributed by atoms with E-state index in [-0.39, 0.29) is 30.0 Å². The van der Waals surface area contributed by atoms with Crippen molar-refractivity contribution in [3.63, 3.8) is 0 Å². The lowest BCUT2D eigenvalue weighted by molar-refractivity contribution is -0.153. The zero-order valence-electron chi connectivity index (χ0n) is 18.2. The van der Waals surface area contributed by atoms with Gasteiger partial charge in [0.15, 0.2) is 6.61 Å². The number of nitrogens with one attached hydrogen (secondary N) is 1. The third kappa shape index (κ3) is 6.73. The molecule has 1 saturated heterocycles. The Bertz CT molecular complexity index is 955. The lowest BCUT2D eigenvalue weighted by atomic mass is 9.96. The average Bonchev–Trinajstić information content (AvgIpc) is 2.75. The van der Waals surface area contributed by atoms with Crippen molar-refractivity contribution in [2.24, 2.45) is 5.92 Å². The predicted molar refractivity (Wildman–Crippen MR) is 114 cm³/mol. The van der Waals surface area contributed by atoms with Gasteiger partial charge in [0, 0.05) is 25.2 Å². The van der Waals surface area contributed by atoms with Crippen molar-refractivity contribution in [1.29, 1.82) is 0 Å². The molecule has 0 radical (unpaired) electrons. The number of piperidine rings is 1. The van der Waals surface area contributed by atoms with E-state index in [2.05, 4.69) is 5.32 Å². The fourth-order valence-corrected chi connectivity index (χ4v) is 3.90. The monoisotopic (exact) mass is 448 g/mol. The van der Waals surface area contributed by atoms with E-state index in [0.29, 0.717) is 30.6 Å². The lowest BCUT2D eigenvalue weighted by Gasteiger charge is -2.32. The Balaban J connectivity index is 1.56. The van der Waals surface area contributed by atoms with Gasteiger partial charge in [0.05, 0.1) is 5.92 Å². The first kappa shape index (κ1) is 23.6. The number of benzene rings is 2. The Morgan fingerprint density at radius 2 is 1.84 bits per heavy atom. The topological polar surface area (TPSA) is 58.6 Å². The Hall–Kier alpha value is -3.03. The second kappa shape index (κ2) is 10.1. The highest BCUT2D eigenvalue weighted by atomic mass is 19.4. The standard InChI is InChI=1S/C24H27F3N2O3/c1-16-9-17(2)11-20(10-16)23(31)29-8-4-6-19(14-29)22(30)28-13-18-5-3-7-21(12-18)32-15-24(25,26)27/h3,5,7,9-12,19H,4,6,8,13-15H2,1-2H3,(H,28,30). The van der Waals surface area contributed by atoms with Crippen LogP contribution < -0.4 is 10.1 Å². The quantitative estimate of drug-likeness (QED) is 0.712. The molecule has 172 valence electrons. The van der Waals surface area contributed by atoms with Gasteiger partial charge in [-0.05, 0) is 56.5 Å². The zero-order chi connectivity index (χ0) is 23.3. The smallest absolute Gasteiger partial charge is 0.422 e. The molecule has 1 aliphatic heterocycles. The lowest BCUT2D eigenvalue weighted by Crippen LogP contribution is -2.45. The first-order valence-electron chi connectivity index (χ1n) is 10.5. The van der Waals surface area contributed by atoms with Crippen LogP contribution in [0.25, 0.3) is 0 Å². The molecule has 2 aromatic carbocycles. The van der Waals surface area contributed by atoms with Crippen LogP contribution in [0.5, 0.6) is 5.75 Å². The first-order valence-corrected chi connectivity index (χ1v) is 10.5. The number of nitrogens with zero attached hydrogens (tertiary/aromatic N) is 1. The minimum Gasteiger partial charge on any atom is -0.484 e. The maximum Gasteiger partial charge on any atom is 0.422 e. The van der Waals surface area contributed by atoms with Gasteiger partial charge in [0.1, 0.15) is 5.75 Å². The van der Waals surface area contributed by atoms with Gasteiger partial charge in [-0.25, -0.2) is 0 Å². The summed E-state index contributed by atoms with van der Waals surface area (Å²) in [6.07, 6.45) is -3.00. The van der Waals surface area contributed by atoms with E-state index < -0.39 is 12.8 Å². The van der Waals surface area contributed by atoms with E-state index in [4.69, 9.17) is 4.74 Å². The number of aryl methyl sites for hydroxylation is 2. The number of hydrogen-bond donors (Lipinski definition) is 1. The van der Waals surface area contributed by atoms with Gasteiger partial charge >= 0.3 is 6.18 Å². The van der Waals surface area contributed by atoms with Gasteiger partial charge in [-0.3, -0.25) is 9.59 Å². The number of alkyl halides is 3. The summed E-state index contributed by atoms with van der Waals surface area (Å²) >= 11 is 0. The molecular formula is C24H27F3N2O3. The summed E-state index contributed by atoms with van der Waals surface area (Å²) in [4.78, 5) is 27.3. The molecule has 1 unspecified atom stereocenters. The third-order valence-corrected chi connectivity index (χ3v) is 5.32. The van der Waals surface area contributed by atoms with Crippen molar-refractivity contribution >= 4 is 11.8 Å². The molecule has 0 aliphatic carbocycles. The molecule has 0 bridgehead atoms. The van der Waals surface area contributed by atoms with Crippen LogP contribution in [0.4, 0.5) is 13.2 Å². The zero-order valence-corrected chi connectivity index (χ0v) is 18.2. The van der Waals surface area contributed by atoms with Crippen molar-refractivity contribution in [2.45, 2.75) is 39.4 Å². The van der Waals surface area contributed by atoms with Crippen LogP contribution in [0, 0.1) is 19.8 Å². The SMILES string of the molecule is Cc1cc(C)cc(C(=O)N2CCCC(C(=O)NCc3cccc(OCC(F)(F)F)c3)C2)c1. The molecule has 1 heterocycles. The van der Waals surface area contributed by atoms with Crippen LogP contribution >= 0.6 is 0 Å². The maximum atomic E-state index is 12.9. The Morgan fingerprint density at radius 1 is 1.12 bits per heavy atom. The van der Waals surface area contributed by atoms with E-state index in [1.165, 1.54) is 12.1 Å². The minimum atomic E-state index is -4.41. The highest BCUT2D eigenvalue weighted by Crippen LogP contribution is 2.22. The van der Waals surface area contributed by atoms with Crippen molar-refractivity contribution in [2.75, 3.05) is 19.7 Å². The van der Waals surface area contributed by atoms with Crippen molar-refractivity contribution in [1.82, 2.24) is 10.2 Å². The summed E-state index contributed by atoms with van der Waals surface area (Å²) < 4.78 is 41.7. The number of halogens is 3. The molecule has 0 aromatic heterocycles. The largest absolute Gasteiger partial charge is 0.484 e. The number of carbonyl (C=O) groups excluding carboxylic acids is 2. The summed E-state index contributed by atoms with van der Waals surface area (Å²) in [6.45, 7) is 3.64. The van der Waals surface area contributed by atoms with Gasteiger partial charge in [-0.2, -0.15) is 13.2 Å². The van der Waals surface area contributed by atoms with E-state index >= 15 is 0 Å². The second-order valence-electron chi connectivity index (χ2n) is 8.24. The van der Waals surface area contributed by atoms with Crippen LogP contribution in [0.1, 0.15) is 39.9 Å². The fourth-order valence-electron chi connectivity index (χ4n) is 3.90. The summed E-state index contributed by atoms with van der Waals surface area (Å²) in [5.41, 5.74) is 3.29. The number of carbonyl (C=O) groups is 2. The molecule has 2 aromatic rings. The summed E-state index contributed by atoms with van der Waals surface area (Å²) in [5.74, 6) is -0.492. The first-order chi connectivity index (χ1) is 15.1. The Labute approximate surface area is 185 Å². The van der Waals surface area contributed by atoms with Crippen molar-refractivity contribution in [3.05, 3.63) is 64.7 Å². The number of ether oxygens (including phenoxy) is 1. The normalized spacial score (nSPS) is 16.5. The van der Waals surface area contributed by atoms with Crippen LogP contribution in [0.15, 0.2) is 42.5 Å². The van der Waals surface area contributed by atoms with E-state index in [1.807, 2.05) is 32.0 Å². The van der Waals surface area contributed by atoms with E-state index in [9.17, 15) is 22.8 Å². The predicted octanol–water partition coefficient (Wildman–Crippen LogP) is 4.41. The fraction of sp³-hybridized carbons (Fsp3) is 0.417. The van der Waals surface area contributed by atoms with Crippen LogP contribution in [0.2, 0.25) is 0 Å². The van der Waals surface area contributed by atoms with Gasteiger partial charge in [-0.15, -0.1) is 0 Å². The molecule has 2 amide bonds. The van der Waals surface area contributed by atoms with Crippen LogP contribution in [-0.4, -0.2) is 42.6 Å². The number of amides is 2. The Morgan fingerprint density at radius 3 is 2.53 bits per heavy atom. The molecule has 1 atom stereocenters. The molecular weight excluding hydrogens is 421 g/mol. The molecule has 8 heteroatoms. The summed E-state index contributed by atoms with van der Waals surface area (Å²) in [5, 5.41) is 2.83. The molecule has 32 heavy (non-hydrogen) atoms. The second-order valence-corrected chi connectivity index (χ2v) is 8.24. The van der Waals surface area contributed by atoms with Crippen molar-refractivity contribution < 1.29 is 27.5 Å². The molecule has 3 rings (SSSR count).